The van der Waals surface area contributed by atoms with E-state index < -0.39 is 0 Å². The van der Waals surface area contributed by atoms with Crippen LogP contribution in [0.4, 0.5) is 5.69 Å². The van der Waals surface area contributed by atoms with Crippen LogP contribution in [0.2, 0.25) is 0 Å². The number of nitrogens with one attached hydrogen (secondary N) is 1. The molecule has 0 aliphatic rings. The Labute approximate surface area is 199 Å². The second kappa shape index (κ2) is 10.7. The van der Waals surface area contributed by atoms with Crippen molar-refractivity contribution in [2.75, 3.05) is 18.5 Å². The van der Waals surface area contributed by atoms with E-state index in [9.17, 15) is 4.79 Å². The van der Waals surface area contributed by atoms with Gasteiger partial charge >= 0.3 is 6.01 Å². The number of benzene rings is 3. The van der Waals surface area contributed by atoms with Crippen LogP contribution in [0.3, 0.4) is 0 Å². The molecule has 1 aromatic heterocycles. The first kappa shape index (κ1) is 23.0. The summed E-state index contributed by atoms with van der Waals surface area (Å²) in [6.07, 6.45) is 0. The van der Waals surface area contributed by atoms with Crippen molar-refractivity contribution in [2.24, 2.45) is 5.92 Å². The number of nitrogens with zero attached hydrogens (tertiary/aromatic N) is 3. The van der Waals surface area contributed by atoms with E-state index in [0.717, 1.165) is 16.8 Å². The summed E-state index contributed by atoms with van der Waals surface area (Å²) in [5.74, 6) is 1.48. The highest BCUT2D eigenvalue weighted by atomic mass is 16.5. The molecule has 0 radical (unpaired) electrons. The summed E-state index contributed by atoms with van der Waals surface area (Å²) in [6.45, 7) is 6.67. The Balaban J connectivity index is 1.52. The molecule has 4 aromatic rings. The van der Waals surface area contributed by atoms with Gasteiger partial charge in [0.2, 0.25) is 0 Å². The average Bonchev–Trinajstić information content (AvgIpc) is 3.27. The van der Waals surface area contributed by atoms with Crippen molar-refractivity contribution in [2.45, 2.75) is 20.8 Å². The van der Waals surface area contributed by atoms with E-state index in [1.165, 1.54) is 0 Å². The maximum Gasteiger partial charge on any atom is 0.336 e. The fourth-order valence-corrected chi connectivity index (χ4v) is 3.32. The van der Waals surface area contributed by atoms with Gasteiger partial charge in [-0.1, -0.05) is 56.3 Å². The number of hydrogen-bond acceptors (Lipinski definition) is 5. The normalized spacial score (nSPS) is 10.8. The van der Waals surface area contributed by atoms with Gasteiger partial charge in [-0.15, -0.1) is 5.10 Å². The Bertz CT molecular complexity index is 1230. The summed E-state index contributed by atoms with van der Waals surface area (Å²) in [5.41, 5.74) is 3.54. The van der Waals surface area contributed by atoms with Crippen molar-refractivity contribution in [3.05, 3.63) is 84.4 Å². The lowest BCUT2D eigenvalue weighted by Gasteiger charge is -2.10. The van der Waals surface area contributed by atoms with Crippen LogP contribution >= 0.6 is 0 Å². The molecular weight excluding hydrogens is 428 g/mol. The zero-order chi connectivity index (χ0) is 23.9. The molecule has 0 saturated carbocycles. The summed E-state index contributed by atoms with van der Waals surface area (Å²) < 4.78 is 13.1. The van der Waals surface area contributed by atoms with E-state index in [2.05, 4.69) is 29.2 Å². The highest BCUT2D eigenvalue weighted by Crippen LogP contribution is 2.27. The van der Waals surface area contributed by atoms with Crippen molar-refractivity contribution in [1.82, 2.24) is 14.8 Å². The minimum atomic E-state index is -0.234. The SMILES string of the molecule is Cc1ccccc1-c1nc(OCC(C)C)nn1-c1ccc(NC(=O)COc2ccccc2)cc1. The number of para-hydroxylation sites is 1. The largest absolute Gasteiger partial charge is 0.484 e. The monoisotopic (exact) mass is 456 g/mol. The highest BCUT2D eigenvalue weighted by Gasteiger charge is 2.17. The number of rotatable bonds is 9. The third-order valence-corrected chi connectivity index (χ3v) is 5.03. The molecule has 1 N–H and O–H groups in total. The van der Waals surface area contributed by atoms with Crippen LogP contribution in [-0.2, 0) is 4.79 Å². The summed E-state index contributed by atoms with van der Waals surface area (Å²) >= 11 is 0. The van der Waals surface area contributed by atoms with E-state index in [4.69, 9.17) is 9.47 Å². The van der Waals surface area contributed by atoms with Gasteiger partial charge in [0.1, 0.15) is 5.75 Å². The predicted octanol–water partition coefficient (Wildman–Crippen LogP) is 5.30. The molecule has 7 nitrogen and oxygen atoms in total. The second-order valence-electron chi connectivity index (χ2n) is 8.35. The average molecular weight is 457 g/mol. The van der Waals surface area contributed by atoms with Crippen LogP contribution < -0.4 is 14.8 Å². The van der Waals surface area contributed by atoms with Crippen molar-refractivity contribution in [3.8, 4) is 28.8 Å². The Kier molecular flexibility index (Phi) is 7.22. The van der Waals surface area contributed by atoms with Crippen LogP contribution in [0.5, 0.6) is 11.8 Å². The molecule has 34 heavy (non-hydrogen) atoms. The van der Waals surface area contributed by atoms with Gasteiger partial charge in [0, 0.05) is 11.3 Å². The maximum atomic E-state index is 12.3. The van der Waals surface area contributed by atoms with Crippen LogP contribution in [-0.4, -0.2) is 33.9 Å². The minimum Gasteiger partial charge on any atom is -0.484 e. The summed E-state index contributed by atoms with van der Waals surface area (Å²) in [7, 11) is 0. The van der Waals surface area contributed by atoms with Crippen molar-refractivity contribution < 1.29 is 14.3 Å². The van der Waals surface area contributed by atoms with Gasteiger partial charge < -0.3 is 14.8 Å². The first-order valence-electron chi connectivity index (χ1n) is 11.2. The van der Waals surface area contributed by atoms with Gasteiger partial charge in [-0.05, 0) is 54.8 Å². The molecule has 1 heterocycles. The number of amides is 1. The molecule has 0 bridgehead atoms. The molecule has 0 spiro atoms. The Morgan fingerprint density at radius 1 is 0.941 bits per heavy atom. The number of hydrogen-bond donors (Lipinski definition) is 1. The van der Waals surface area contributed by atoms with Crippen LogP contribution in [0.25, 0.3) is 17.1 Å². The quantitative estimate of drug-likeness (QED) is 0.370. The van der Waals surface area contributed by atoms with E-state index in [-0.39, 0.29) is 12.5 Å². The smallest absolute Gasteiger partial charge is 0.336 e. The van der Waals surface area contributed by atoms with Gasteiger partial charge in [0.05, 0.1) is 12.3 Å². The van der Waals surface area contributed by atoms with Gasteiger partial charge in [0.25, 0.3) is 5.91 Å². The molecule has 0 aliphatic heterocycles. The van der Waals surface area contributed by atoms with Crippen LogP contribution in [0.1, 0.15) is 19.4 Å². The van der Waals surface area contributed by atoms with E-state index >= 15 is 0 Å². The predicted molar refractivity (Wildman–Crippen MR) is 132 cm³/mol. The lowest BCUT2D eigenvalue weighted by atomic mass is 10.1. The minimum absolute atomic E-state index is 0.0666. The summed E-state index contributed by atoms with van der Waals surface area (Å²) in [6, 6.07) is 25.0. The molecule has 0 saturated heterocycles. The fraction of sp³-hybridized carbons (Fsp3) is 0.222. The summed E-state index contributed by atoms with van der Waals surface area (Å²) in [5, 5.41) is 7.45. The zero-order valence-electron chi connectivity index (χ0n) is 19.6. The molecule has 0 fully saturated rings. The third-order valence-electron chi connectivity index (χ3n) is 5.03. The number of carbonyl (C=O) groups is 1. The molecule has 174 valence electrons. The standard InChI is InChI=1S/C27H28N4O3/c1-19(2)17-34-27-29-26(24-12-8-7-9-20(24)3)31(30-27)22-15-13-21(14-16-22)28-25(32)18-33-23-10-5-4-6-11-23/h4-16,19H,17-18H2,1-3H3,(H,28,32). The third kappa shape index (κ3) is 5.81. The first-order valence-corrected chi connectivity index (χ1v) is 11.2. The first-order chi connectivity index (χ1) is 16.5. The maximum absolute atomic E-state index is 12.3. The lowest BCUT2D eigenvalue weighted by molar-refractivity contribution is -0.118. The zero-order valence-corrected chi connectivity index (χ0v) is 19.6. The lowest BCUT2D eigenvalue weighted by Crippen LogP contribution is -2.20. The highest BCUT2D eigenvalue weighted by molar-refractivity contribution is 5.92. The van der Waals surface area contributed by atoms with Crippen LogP contribution in [0.15, 0.2) is 78.9 Å². The number of carbonyl (C=O) groups excluding carboxylic acids is 1. The molecular formula is C27H28N4O3. The van der Waals surface area contributed by atoms with Crippen molar-refractivity contribution in [3.63, 3.8) is 0 Å². The Morgan fingerprint density at radius 3 is 2.35 bits per heavy atom. The van der Waals surface area contributed by atoms with E-state index in [0.29, 0.717) is 35.8 Å². The van der Waals surface area contributed by atoms with Gasteiger partial charge in [-0.25, -0.2) is 4.68 Å². The Hall–Kier alpha value is -4.13. The molecule has 3 aromatic carbocycles. The Morgan fingerprint density at radius 2 is 1.65 bits per heavy atom. The topological polar surface area (TPSA) is 78.3 Å². The summed E-state index contributed by atoms with van der Waals surface area (Å²) in [4.78, 5) is 16.9. The van der Waals surface area contributed by atoms with Gasteiger partial charge in [-0.3, -0.25) is 4.79 Å². The molecule has 0 atom stereocenters. The molecule has 0 unspecified atom stereocenters. The number of ether oxygens (including phenoxy) is 2. The molecule has 0 aliphatic carbocycles. The van der Waals surface area contributed by atoms with Crippen molar-refractivity contribution >= 4 is 11.6 Å². The van der Waals surface area contributed by atoms with Crippen LogP contribution in [0, 0.1) is 12.8 Å². The van der Waals surface area contributed by atoms with E-state index in [1.54, 1.807) is 4.68 Å². The van der Waals surface area contributed by atoms with E-state index in [1.807, 2.05) is 85.8 Å². The van der Waals surface area contributed by atoms with Crippen molar-refractivity contribution in [1.29, 1.82) is 0 Å². The number of anilines is 1. The fourth-order valence-electron chi connectivity index (χ4n) is 3.32. The van der Waals surface area contributed by atoms with Gasteiger partial charge in [0.15, 0.2) is 12.4 Å². The van der Waals surface area contributed by atoms with Gasteiger partial charge in [-0.2, -0.15) is 4.98 Å². The molecule has 7 heteroatoms. The number of aromatic nitrogens is 3. The molecule has 1 amide bonds. The molecule has 4 rings (SSSR count). The second-order valence-corrected chi connectivity index (χ2v) is 8.35. The number of aryl methyl sites for hydroxylation is 1.